The number of hydrogen-bond donors (Lipinski definition) is 2. The quantitative estimate of drug-likeness (QED) is 0.879. The van der Waals surface area contributed by atoms with Gasteiger partial charge < -0.3 is 10.4 Å². The third kappa shape index (κ3) is 3.34. The first-order valence-electron chi connectivity index (χ1n) is 7.74. The number of nitrogens with zero attached hydrogens (tertiary/aromatic N) is 2. The first kappa shape index (κ1) is 15.9. The number of aliphatic carboxylic acids is 1. The maximum atomic E-state index is 12.3. The van der Waals surface area contributed by atoms with Gasteiger partial charge in [-0.25, -0.2) is 0 Å². The Balaban J connectivity index is 1.77. The highest BCUT2D eigenvalue weighted by Crippen LogP contribution is 2.25. The molecule has 1 aliphatic rings. The normalized spacial score (nSPS) is 19.8. The molecule has 3 rings (SSSR count). The standard InChI is InChI=1S/C17H17N3O4/c21-15-9-8-14(19-20(15)13-4-2-1-3-5-13)16(22)18-12-7-6-11(10-12)17(23)24/h1-5,8-9,11-12H,6-7,10H2,(H,18,22)(H,23,24)/t11-,12+/m0/s1. The largest absolute Gasteiger partial charge is 0.481 e. The van der Waals surface area contributed by atoms with Crippen LogP contribution in [0.2, 0.25) is 0 Å². The van der Waals surface area contributed by atoms with Crippen LogP contribution in [0.25, 0.3) is 5.69 Å². The number of hydrogen-bond acceptors (Lipinski definition) is 4. The van der Waals surface area contributed by atoms with E-state index < -0.39 is 17.8 Å². The molecule has 1 aromatic heterocycles. The summed E-state index contributed by atoms with van der Waals surface area (Å²) in [6.07, 6.45) is 1.59. The monoisotopic (exact) mass is 327 g/mol. The molecule has 124 valence electrons. The van der Waals surface area contributed by atoms with Crippen LogP contribution in [0.1, 0.15) is 29.8 Å². The van der Waals surface area contributed by atoms with Crippen molar-refractivity contribution >= 4 is 11.9 Å². The van der Waals surface area contributed by atoms with Crippen molar-refractivity contribution in [1.29, 1.82) is 0 Å². The van der Waals surface area contributed by atoms with E-state index in [4.69, 9.17) is 5.11 Å². The SMILES string of the molecule is O=C(N[C@@H]1CC[C@H](C(=O)O)C1)c1ccc(=O)n(-c2ccccc2)n1. The second kappa shape index (κ2) is 6.66. The molecule has 0 aliphatic heterocycles. The van der Waals surface area contributed by atoms with Gasteiger partial charge in [-0.3, -0.25) is 14.4 Å². The van der Waals surface area contributed by atoms with Crippen molar-refractivity contribution in [3.05, 3.63) is 58.5 Å². The summed E-state index contributed by atoms with van der Waals surface area (Å²) in [5.74, 6) is -1.65. The van der Waals surface area contributed by atoms with Gasteiger partial charge in [0, 0.05) is 12.1 Å². The summed E-state index contributed by atoms with van der Waals surface area (Å²) in [5.41, 5.74) is 0.366. The van der Waals surface area contributed by atoms with Crippen LogP contribution >= 0.6 is 0 Å². The summed E-state index contributed by atoms with van der Waals surface area (Å²) in [6.45, 7) is 0. The first-order chi connectivity index (χ1) is 11.5. The fourth-order valence-corrected chi connectivity index (χ4v) is 2.88. The molecule has 24 heavy (non-hydrogen) atoms. The Labute approximate surface area is 137 Å². The molecule has 0 spiro atoms. The number of nitrogens with one attached hydrogen (secondary N) is 1. The lowest BCUT2D eigenvalue weighted by molar-refractivity contribution is -0.141. The Kier molecular flexibility index (Phi) is 4.41. The van der Waals surface area contributed by atoms with E-state index in [2.05, 4.69) is 10.4 Å². The van der Waals surface area contributed by atoms with Crippen LogP contribution < -0.4 is 10.9 Å². The van der Waals surface area contributed by atoms with E-state index in [0.29, 0.717) is 24.9 Å². The third-order valence-electron chi connectivity index (χ3n) is 4.15. The number of benzene rings is 1. The number of carbonyl (C=O) groups is 2. The van der Waals surface area contributed by atoms with Crippen molar-refractivity contribution in [1.82, 2.24) is 15.1 Å². The molecule has 7 heteroatoms. The summed E-state index contributed by atoms with van der Waals surface area (Å²) in [7, 11) is 0. The van der Waals surface area contributed by atoms with Gasteiger partial charge in [-0.1, -0.05) is 18.2 Å². The summed E-state index contributed by atoms with van der Waals surface area (Å²) in [5, 5.41) is 15.9. The number of carboxylic acid groups (broad SMARTS) is 1. The van der Waals surface area contributed by atoms with Crippen LogP contribution in [0.3, 0.4) is 0 Å². The van der Waals surface area contributed by atoms with Crippen LogP contribution in [0, 0.1) is 5.92 Å². The summed E-state index contributed by atoms with van der Waals surface area (Å²) in [6, 6.07) is 11.3. The zero-order chi connectivity index (χ0) is 17.1. The van der Waals surface area contributed by atoms with Gasteiger partial charge in [0.15, 0.2) is 0 Å². The number of rotatable bonds is 4. The lowest BCUT2D eigenvalue weighted by atomic mass is 10.1. The molecule has 1 heterocycles. The molecule has 2 aromatic rings. The van der Waals surface area contributed by atoms with Crippen molar-refractivity contribution in [2.24, 2.45) is 5.92 Å². The molecule has 1 aromatic carbocycles. The minimum absolute atomic E-state index is 0.122. The van der Waals surface area contributed by atoms with Crippen LogP contribution in [-0.4, -0.2) is 32.8 Å². The second-order valence-electron chi connectivity index (χ2n) is 5.82. The average Bonchev–Trinajstić information content (AvgIpc) is 3.05. The fraction of sp³-hybridized carbons (Fsp3) is 0.294. The highest BCUT2D eigenvalue weighted by molar-refractivity contribution is 5.92. The maximum absolute atomic E-state index is 12.3. The molecule has 1 saturated carbocycles. The van der Waals surface area contributed by atoms with Crippen molar-refractivity contribution in [2.75, 3.05) is 0 Å². The molecule has 0 saturated heterocycles. The van der Waals surface area contributed by atoms with Gasteiger partial charge in [-0.05, 0) is 37.5 Å². The molecule has 0 bridgehead atoms. The molecule has 7 nitrogen and oxygen atoms in total. The summed E-state index contributed by atoms with van der Waals surface area (Å²) in [4.78, 5) is 35.3. The predicted molar refractivity (Wildman–Crippen MR) is 86.1 cm³/mol. The van der Waals surface area contributed by atoms with Gasteiger partial charge in [-0.2, -0.15) is 9.78 Å². The molecule has 2 N–H and O–H groups in total. The van der Waals surface area contributed by atoms with Gasteiger partial charge in [0.1, 0.15) is 5.69 Å². The van der Waals surface area contributed by atoms with Gasteiger partial charge in [0.25, 0.3) is 11.5 Å². The van der Waals surface area contributed by atoms with E-state index in [0.717, 1.165) is 0 Å². The minimum atomic E-state index is -0.831. The summed E-state index contributed by atoms with van der Waals surface area (Å²) >= 11 is 0. The van der Waals surface area contributed by atoms with Crippen molar-refractivity contribution in [3.63, 3.8) is 0 Å². The average molecular weight is 327 g/mol. The number of amides is 1. The number of carbonyl (C=O) groups excluding carboxylic acids is 1. The first-order valence-corrected chi connectivity index (χ1v) is 7.74. The van der Waals surface area contributed by atoms with Crippen molar-refractivity contribution in [2.45, 2.75) is 25.3 Å². The second-order valence-corrected chi connectivity index (χ2v) is 5.82. The highest BCUT2D eigenvalue weighted by atomic mass is 16.4. The van der Waals surface area contributed by atoms with Crippen LogP contribution in [0.15, 0.2) is 47.3 Å². The number of aromatic nitrogens is 2. The highest BCUT2D eigenvalue weighted by Gasteiger charge is 2.30. The topological polar surface area (TPSA) is 101 Å². The van der Waals surface area contributed by atoms with E-state index in [9.17, 15) is 14.4 Å². The van der Waals surface area contributed by atoms with Gasteiger partial charge >= 0.3 is 5.97 Å². The minimum Gasteiger partial charge on any atom is -0.481 e. The van der Waals surface area contributed by atoms with Crippen molar-refractivity contribution in [3.8, 4) is 5.69 Å². The number of para-hydroxylation sites is 1. The van der Waals surface area contributed by atoms with Gasteiger partial charge in [0.05, 0.1) is 11.6 Å². The molecular weight excluding hydrogens is 310 g/mol. The predicted octanol–water partition coefficient (Wildman–Crippen LogP) is 1.22. The molecule has 1 aliphatic carbocycles. The zero-order valence-electron chi connectivity index (χ0n) is 12.9. The van der Waals surface area contributed by atoms with E-state index in [1.54, 1.807) is 24.3 Å². The van der Waals surface area contributed by atoms with E-state index >= 15 is 0 Å². The molecule has 1 fully saturated rings. The van der Waals surface area contributed by atoms with Gasteiger partial charge in [0.2, 0.25) is 0 Å². The van der Waals surface area contributed by atoms with E-state index in [1.807, 2.05) is 6.07 Å². The van der Waals surface area contributed by atoms with E-state index in [1.165, 1.54) is 16.8 Å². The third-order valence-corrected chi connectivity index (χ3v) is 4.15. The smallest absolute Gasteiger partial charge is 0.306 e. The molecule has 0 radical (unpaired) electrons. The Bertz CT molecular complexity index is 816. The fourth-order valence-electron chi connectivity index (χ4n) is 2.88. The van der Waals surface area contributed by atoms with Gasteiger partial charge in [-0.15, -0.1) is 0 Å². The zero-order valence-corrected chi connectivity index (χ0v) is 12.9. The molecule has 0 unspecified atom stereocenters. The molecular formula is C17H17N3O4. The van der Waals surface area contributed by atoms with Crippen LogP contribution in [0.4, 0.5) is 0 Å². The summed E-state index contributed by atoms with van der Waals surface area (Å²) < 4.78 is 1.17. The van der Waals surface area contributed by atoms with Crippen LogP contribution in [0.5, 0.6) is 0 Å². The number of carboxylic acids is 1. The van der Waals surface area contributed by atoms with Crippen LogP contribution in [-0.2, 0) is 4.79 Å². The Morgan fingerprint density at radius 1 is 1.12 bits per heavy atom. The van der Waals surface area contributed by atoms with Crippen molar-refractivity contribution < 1.29 is 14.7 Å². The lowest BCUT2D eigenvalue weighted by Gasteiger charge is -2.12. The Morgan fingerprint density at radius 3 is 2.54 bits per heavy atom. The Morgan fingerprint density at radius 2 is 1.88 bits per heavy atom. The van der Waals surface area contributed by atoms with E-state index in [-0.39, 0.29) is 17.3 Å². The molecule has 2 atom stereocenters. The Hall–Kier alpha value is -2.96. The lowest BCUT2D eigenvalue weighted by Crippen LogP contribution is -2.35. The molecule has 1 amide bonds. The maximum Gasteiger partial charge on any atom is 0.306 e.